The van der Waals surface area contributed by atoms with Crippen molar-refractivity contribution in [1.29, 1.82) is 0 Å². The minimum Gasteiger partial charge on any atom is -0.384 e. The summed E-state index contributed by atoms with van der Waals surface area (Å²) in [6.07, 6.45) is 0.916. The van der Waals surface area contributed by atoms with Crippen molar-refractivity contribution in [3.63, 3.8) is 0 Å². The van der Waals surface area contributed by atoms with E-state index in [1.165, 1.54) is 0 Å². The molecule has 17 heavy (non-hydrogen) atoms. The molecule has 1 atom stereocenters. The Kier molecular flexibility index (Phi) is 5.96. The lowest BCUT2D eigenvalue weighted by atomic mass is 10.0. The quantitative estimate of drug-likeness (QED) is 0.789. The first-order valence-electron chi connectivity index (χ1n) is 5.47. The van der Waals surface area contributed by atoms with Crippen LogP contribution < -0.4 is 0 Å². The standard InChI is InChI=1S/C13H16Cl2O2/c1-9(8-17-2)5-11(16)6-10-3-4-12(14)13(15)7-10/h3-4,7,9H,5-6,8H2,1-2H3. The maximum absolute atomic E-state index is 11.8. The van der Waals surface area contributed by atoms with E-state index >= 15 is 0 Å². The second kappa shape index (κ2) is 7.00. The van der Waals surface area contributed by atoms with E-state index in [1.807, 2.05) is 13.0 Å². The summed E-state index contributed by atoms with van der Waals surface area (Å²) in [6, 6.07) is 5.28. The highest BCUT2D eigenvalue weighted by Crippen LogP contribution is 2.23. The number of carbonyl (C=O) groups excluding carboxylic acids is 1. The van der Waals surface area contributed by atoms with E-state index in [1.54, 1.807) is 19.2 Å². The first kappa shape index (κ1) is 14.5. The SMILES string of the molecule is COCC(C)CC(=O)Cc1ccc(Cl)c(Cl)c1. The van der Waals surface area contributed by atoms with Crippen LogP contribution in [0, 0.1) is 5.92 Å². The molecule has 0 aliphatic carbocycles. The van der Waals surface area contributed by atoms with Crippen molar-refractivity contribution in [3.05, 3.63) is 33.8 Å². The molecule has 94 valence electrons. The van der Waals surface area contributed by atoms with Crippen LogP contribution in [0.1, 0.15) is 18.9 Å². The van der Waals surface area contributed by atoms with Crippen LogP contribution in [-0.2, 0) is 16.0 Å². The Morgan fingerprint density at radius 3 is 2.65 bits per heavy atom. The van der Waals surface area contributed by atoms with Crippen LogP contribution in [-0.4, -0.2) is 19.5 Å². The molecule has 0 radical (unpaired) electrons. The molecule has 1 rings (SSSR count). The van der Waals surface area contributed by atoms with Gasteiger partial charge in [-0.05, 0) is 23.6 Å². The van der Waals surface area contributed by atoms with E-state index in [4.69, 9.17) is 27.9 Å². The smallest absolute Gasteiger partial charge is 0.137 e. The van der Waals surface area contributed by atoms with Gasteiger partial charge in [0.2, 0.25) is 0 Å². The van der Waals surface area contributed by atoms with Crippen molar-refractivity contribution < 1.29 is 9.53 Å². The van der Waals surface area contributed by atoms with Gasteiger partial charge in [0.15, 0.2) is 0 Å². The number of methoxy groups -OCH3 is 1. The second-order valence-corrected chi connectivity index (χ2v) is 5.04. The lowest BCUT2D eigenvalue weighted by molar-refractivity contribution is -0.119. The number of rotatable bonds is 6. The average molecular weight is 275 g/mol. The largest absolute Gasteiger partial charge is 0.384 e. The fourth-order valence-corrected chi connectivity index (χ4v) is 2.00. The number of ether oxygens (including phenoxy) is 1. The minimum absolute atomic E-state index is 0.188. The Balaban J connectivity index is 2.53. The normalized spacial score (nSPS) is 12.5. The van der Waals surface area contributed by atoms with Gasteiger partial charge in [0, 0.05) is 26.6 Å². The lowest BCUT2D eigenvalue weighted by Crippen LogP contribution is -2.12. The molecule has 0 bridgehead atoms. The third-order valence-corrected chi connectivity index (χ3v) is 3.15. The molecule has 0 heterocycles. The van der Waals surface area contributed by atoms with Crippen LogP contribution in [0.15, 0.2) is 18.2 Å². The number of halogens is 2. The molecule has 1 unspecified atom stereocenters. The molecule has 0 fully saturated rings. The molecule has 0 aliphatic rings. The van der Waals surface area contributed by atoms with Crippen LogP contribution in [0.25, 0.3) is 0 Å². The van der Waals surface area contributed by atoms with Crippen molar-refractivity contribution in [2.45, 2.75) is 19.8 Å². The van der Waals surface area contributed by atoms with Gasteiger partial charge in [0.25, 0.3) is 0 Å². The van der Waals surface area contributed by atoms with Crippen molar-refractivity contribution in [1.82, 2.24) is 0 Å². The van der Waals surface area contributed by atoms with Crippen molar-refractivity contribution in [3.8, 4) is 0 Å². The summed E-state index contributed by atoms with van der Waals surface area (Å²) in [5.74, 6) is 0.434. The van der Waals surface area contributed by atoms with E-state index in [-0.39, 0.29) is 11.7 Å². The summed E-state index contributed by atoms with van der Waals surface area (Å²) in [5, 5.41) is 0.998. The summed E-state index contributed by atoms with van der Waals surface area (Å²) in [6.45, 7) is 2.60. The van der Waals surface area contributed by atoms with Gasteiger partial charge in [-0.2, -0.15) is 0 Å². The molecule has 0 aliphatic heterocycles. The van der Waals surface area contributed by atoms with Gasteiger partial charge >= 0.3 is 0 Å². The van der Waals surface area contributed by atoms with E-state index < -0.39 is 0 Å². The Bertz CT molecular complexity index is 391. The molecule has 0 aromatic heterocycles. The van der Waals surface area contributed by atoms with Gasteiger partial charge < -0.3 is 4.74 Å². The fraction of sp³-hybridized carbons (Fsp3) is 0.462. The van der Waals surface area contributed by atoms with E-state index in [2.05, 4.69) is 0 Å². The first-order chi connectivity index (χ1) is 8.02. The molecule has 0 saturated carbocycles. The van der Waals surface area contributed by atoms with E-state index in [0.717, 1.165) is 5.56 Å². The van der Waals surface area contributed by atoms with Gasteiger partial charge in [-0.1, -0.05) is 36.2 Å². The Morgan fingerprint density at radius 1 is 1.35 bits per heavy atom. The molecule has 0 spiro atoms. The Morgan fingerprint density at radius 2 is 2.06 bits per heavy atom. The third kappa shape index (κ3) is 5.07. The average Bonchev–Trinajstić information content (AvgIpc) is 2.23. The monoisotopic (exact) mass is 274 g/mol. The van der Waals surface area contributed by atoms with Crippen LogP contribution >= 0.6 is 23.2 Å². The topological polar surface area (TPSA) is 26.3 Å². The Labute approximate surface area is 112 Å². The molecular formula is C13H16Cl2O2. The molecule has 2 nitrogen and oxygen atoms in total. The summed E-state index contributed by atoms with van der Waals surface area (Å²) < 4.78 is 5.00. The summed E-state index contributed by atoms with van der Waals surface area (Å²) in [7, 11) is 1.64. The third-order valence-electron chi connectivity index (χ3n) is 2.41. The van der Waals surface area contributed by atoms with Crippen LogP contribution in [0.5, 0.6) is 0 Å². The molecule has 1 aromatic carbocycles. The molecule has 0 saturated heterocycles. The predicted octanol–water partition coefficient (Wildman–Crippen LogP) is 3.78. The fourth-order valence-electron chi connectivity index (χ4n) is 1.68. The van der Waals surface area contributed by atoms with E-state index in [9.17, 15) is 4.79 Å². The zero-order chi connectivity index (χ0) is 12.8. The van der Waals surface area contributed by atoms with Gasteiger partial charge in [-0.15, -0.1) is 0 Å². The van der Waals surface area contributed by atoms with Crippen molar-refractivity contribution in [2.75, 3.05) is 13.7 Å². The first-order valence-corrected chi connectivity index (χ1v) is 6.23. The lowest BCUT2D eigenvalue weighted by Gasteiger charge is -2.09. The number of carbonyl (C=O) groups is 1. The van der Waals surface area contributed by atoms with Gasteiger partial charge in [-0.25, -0.2) is 0 Å². The summed E-state index contributed by atoms with van der Waals surface area (Å²) in [5.41, 5.74) is 0.897. The summed E-state index contributed by atoms with van der Waals surface area (Å²) in [4.78, 5) is 11.8. The predicted molar refractivity (Wildman–Crippen MR) is 70.8 cm³/mol. The molecule has 1 aromatic rings. The highest BCUT2D eigenvalue weighted by atomic mass is 35.5. The number of benzene rings is 1. The molecular weight excluding hydrogens is 259 g/mol. The highest BCUT2D eigenvalue weighted by Gasteiger charge is 2.10. The van der Waals surface area contributed by atoms with Gasteiger partial charge in [-0.3, -0.25) is 4.79 Å². The Hall–Kier alpha value is -0.570. The zero-order valence-electron chi connectivity index (χ0n) is 10.0. The number of hydrogen-bond donors (Lipinski definition) is 0. The van der Waals surface area contributed by atoms with Crippen LogP contribution in [0.3, 0.4) is 0 Å². The van der Waals surface area contributed by atoms with Crippen LogP contribution in [0.2, 0.25) is 10.0 Å². The van der Waals surface area contributed by atoms with Crippen LogP contribution in [0.4, 0.5) is 0 Å². The van der Waals surface area contributed by atoms with Crippen molar-refractivity contribution in [2.24, 2.45) is 5.92 Å². The molecule has 0 amide bonds. The highest BCUT2D eigenvalue weighted by molar-refractivity contribution is 6.42. The minimum atomic E-state index is 0.188. The van der Waals surface area contributed by atoms with Gasteiger partial charge in [0.05, 0.1) is 10.0 Å². The maximum atomic E-state index is 11.8. The molecule has 4 heteroatoms. The van der Waals surface area contributed by atoms with Gasteiger partial charge in [0.1, 0.15) is 5.78 Å². The second-order valence-electron chi connectivity index (χ2n) is 4.23. The number of hydrogen-bond acceptors (Lipinski definition) is 2. The maximum Gasteiger partial charge on any atom is 0.137 e. The molecule has 0 N–H and O–H groups in total. The zero-order valence-corrected chi connectivity index (χ0v) is 11.5. The number of ketones is 1. The summed E-state index contributed by atoms with van der Waals surface area (Å²) >= 11 is 11.7. The van der Waals surface area contributed by atoms with E-state index in [0.29, 0.717) is 29.5 Å². The van der Waals surface area contributed by atoms with Crippen molar-refractivity contribution >= 4 is 29.0 Å². The number of Topliss-reactive ketones (excluding diaryl/α,β-unsaturated/α-hetero) is 1.